The molecule has 1 aromatic rings. The van der Waals surface area contributed by atoms with Crippen LogP contribution in [0, 0.1) is 0 Å². The first-order valence-corrected chi connectivity index (χ1v) is 8.93. The van der Waals surface area contributed by atoms with Gasteiger partial charge >= 0.3 is 0 Å². The van der Waals surface area contributed by atoms with Crippen molar-refractivity contribution in [1.29, 1.82) is 0 Å². The smallest absolute Gasteiger partial charge is 0.279 e. The van der Waals surface area contributed by atoms with Crippen LogP contribution in [-0.2, 0) is 16.6 Å². The fraction of sp³-hybridized carbons (Fsp3) is 0.600. The van der Waals surface area contributed by atoms with Gasteiger partial charge < -0.3 is 4.74 Å². The second-order valence-electron chi connectivity index (χ2n) is 5.31. The van der Waals surface area contributed by atoms with Crippen molar-refractivity contribution in [3.8, 4) is 5.75 Å². The Bertz CT molecular complexity index is 522. The lowest BCUT2D eigenvalue weighted by Gasteiger charge is -2.25. The summed E-state index contributed by atoms with van der Waals surface area (Å²) in [6, 6.07) is 7.87. The number of rotatable bonds is 7. The van der Waals surface area contributed by atoms with Crippen LogP contribution in [0.3, 0.4) is 0 Å². The van der Waals surface area contributed by atoms with Crippen LogP contribution in [-0.4, -0.2) is 39.5 Å². The Kier molecular flexibility index (Phi) is 6.02. The van der Waals surface area contributed by atoms with Gasteiger partial charge in [-0.2, -0.15) is 12.7 Å². The van der Waals surface area contributed by atoms with Gasteiger partial charge in [0.15, 0.2) is 0 Å². The molecule has 0 radical (unpaired) electrons. The molecule has 1 aliphatic heterocycles. The van der Waals surface area contributed by atoms with E-state index in [-0.39, 0.29) is 0 Å². The molecule has 1 N–H and O–H groups in total. The molecule has 1 heterocycles. The molecule has 0 aromatic heterocycles. The fourth-order valence-corrected chi connectivity index (χ4v) is 3.81. The van der Waals surface area contributed by atoms with Crippen LogP contribution in [0.25, 0.3) is 0 Å². The zero-order valence-electron chi connectivity index (χ0n) is 12.5. The Morgan fingerprint density at radius 2 is 1.81 bits per heavy atom. The van der Waals surface area contributed by atoms with Crippen molar-refractivity contribution in [2.24, 2.45) is 0 Å². The van der Waals surface area contributed by atoms with Gasteiger partial charge in [0.2, 0.25) is 0 Å². The summed E-state index contributed by atoms with van der Waals surface area (Å²) in [7, 11) is -1.64. The van der Waals surface area contributed by atoms with Gasteiger partial charge in [0.05, 0.1) is 7.11 Å². The highest BCUT2D eigenvalue weighted by Gasteiger charge is 2.22. The zero-order chi connectivity index (χ0) is 15.1. The van der Waals surface area contributed by atoms with Crippen molar-refractivity contribution in [2.75, 3.05) is 26.7 Å². The molecular weight excluding hydrogens is 288 g/mol. The van der Waals surface area contributed by atoms with Gasteiger partial charge in [-0.05, 0) is 43.4 Å². The molecule has 0 bridgehead atoms. The van der Waals surface area contributed by atoms with E-state index in [2.05, 4.69) is 4.72 Å². The van der Waals surface area contributed by atoms with Crippen molar-refractivity contribution in [3.63, 3.8) is 0 Å². The van der Waals surface area contributed by atoms with E-state index >= 15 is 0 Å². The third-order valence-electron chi connectivity index (χ3n) is 3.74. The number of nitrogens with zero attached hydrogens (tertiary/aromatic N) is 1. The van der Waals surface area contributed by atoms with E-state index in [0.29, 0.717) is 19.6 Å². The Balaban J connectivity index is 1.73. The molecule has 0 spiro atoms. The molecule has 0 aliphatic carbocycles. The summed E-state index contributed by atoms with van der Waals surface area (Å²) < 4.78 is 33.5. The molecule has 0 saturated carbocycles. The lowest BCUT2D eigenvalue weighted by atomic mass is 10.1. The minimum absolute atomic E-state index is 0.477. The molecule has 2 rings (SSSR count). The summed E-state index contributed by atoms with van der Waals surface area (Å²) in [5.74, 6) is 0.838. The summed E-state index contributed by atoms with van der Waals surface area (Å²) in [5, 5.41) is 0. The van der Waals surface area contributed by atoms with Gasteiger partial charge in [-0.3, -0.25) is 0 Å². The van der Waals surface area contributed by atoms with Crippen LogP contribution in [0.15, 0.2) is 24.3 Å². The van der Waals surface area contributed by atoms with Crippen molar-refractivity contribution >= 4 is 10.2 Å². The number of nitrogens with one attached hydrogen (secondary N) is 1. The predicted molar refractivity (Wildman–Crippen MR) is 83.7 cm³/mol. The van der Waals surface area contributed by atoms with E-state index in [1.165, 1.54) is 5.56 Å². The van der Waals surface area contributed by atoms with Crippen LogP contribution >= 0.6 is 0 Å². The first-order valence-electron chi connectivity index (χ1n) is 7.49. The first kappa shape index (κ1) is 16.3. The summed E-state index contributed by atoms with van der Waals surface area (Å²) in [6.45, 7) is 1.77. The van der Waals surface area contributed by atoms with Crippen LogP contribution < -0.4 is 9.46 Å². The Morgan fingerprint density at radius 1 is 1.14 bits per heavy atom. The van der Waals surface area contributed by atoms with Crippen LogP contribution in [0.5, 0.6) is 5.75 Å². The number of methoxy groups -OCH3 is 1. The topological polar surface area (TPSA) is 58.6 Å². The number of benzene rings is 1. The Hall–Kier alpha value is -1.11. The van der Waals surface area contributed by atoms with Crippen molar-refractivity contribution in [2.45, 2.75) is 32.1 Å². The van der Waals surface area contributed by atoms with E-state index in [0.717, 1.165) is 37.9 Å². The third kappa shape index (κ3) is 4.98. The third-order valence-corrected chi connectivity index (χ3v) is 5.35. The van der Waals surface area contributed by atoms with E-state index in [4.69, 9.17) is 4.74 Å². The molecule has 21 heavy (non-hydrogen) atoms. The Labute approximate surface area is 127 Å². The summed E-state index contributed by atoms with van der Waals surface area (Å²) >= 11 is 0. The van der Waals surface area contributed by atoms with Crippen molar-refractivity contribution in [3.05, 3.63) is 29.8 Å². The molecule has 1 fully saturated rings. The SMILES string of the molecule is COc1ccc(CCCNS(=O)(=O)N2CCCCC2)cc1. The van der Waals surface area contributed by atoms with Gasteiger partial charge in [0.1, 0.15) is 5.75 Å². The Morgan fingerprint density at radius 3 is 2.43 bits per heavy atom. The van der Waals surface area contributed by atoms with E-state index in [9.17, 15) is 8.42 Å². The maximum absolute atomic E-state index is 12.1. The quantitative estimate of drug-likeness (QED) is 0.783. The molecule has 5 nitrogen and oxygen atoms in total. The molecule has 118 valence electrons. The number of hydrogen-bond acceptors (Lipinski definition) is 3. The minimum Gasteiger partial charge on any atom is -0.497 e. The van der Waals surface area contributed by atoms with Gasteiger partial charge in [-0.15, -0.1) is 0 Å². The highest BCUT2D eigenvalue weighted by atomic mass is 32.2. The highest BCUT2D eigenvalue weighted by Crippen LogP contribution is 2.13. The summed E-state index contributed by atoms with van der Waals surface area (Å²) in [6.07, 6.45) is 4.70. The lowest BCUT2D eigenvalue weighted by molar-refractivity contribution is 0.341. The lowest BCUT2D eigenvalue weighted by Crippen LogP contribution is -2.43. The molecule has 6 heteroatoms. The second kappa shape index (κ2) is 7.77. The number of aryl methyl sites for hydroxylation is 1. The van der Waals surface area contributed by atoms with E-state index in [1.54, 1.807) is 11.4 Å². The summed E-state index contributed by atoms with van der Waals surface area (Å²) in [4.78, 5) is 0. The van der Waals surface area contributed by atoms with Gasteiger partial charge in [-0.1, -0.05) is 18.6 Å². The van der Waals surface area contributed by atoms with Crippen molar-refractivity contribution in [1.82, 2.24) is 9.03 Å². The molecule has 0 atom stereocenters. The fourth-order valence-electron chi connectivity index (χ4n) is 2.48. The molecule has 0 unspecified atom stereocenters. The zero-order valence-corrected chi connectivity index (χ0v) is 13.4. The minimum atomic E-state index is -3.29. The average molecular weight is 312 g/mol. The predicted octanol–water partition coefficient (Wildman–Crippen LogP) is 1.95. The highest BCUT2D eigenvalue weighted by molar-refractivity contribution is 7.87. The normalized spacial score (nSPS) is 16.8. The molecular formula is C15H24N2O3S. The van der Waals surface area contributed by atoms with E-state index in [1.807, 2.05) is 24.3 Å². The monoisotopic (exact) mass is 312 g/mol. The largest absolute Gasteiger partial charge is 0.497 e. The first-order chi connectivity index (χ1) is 10.1. The van der Waals surface area contributed by atoms with Crippen molar-refractivity contribution < 1.29 is 13.2 Å². The number of hydrogen-bond donors (Lipinski definition) is 1. The maximum atomic E-state index is 12.1. The molecule has 1 aromatic carbocycles. The van der Waals surface area contributed by atoms with Crippen LogP contribution in [0.4, 0.5) is 0 Å². The maximum Gasteiger partial charge on any atom is 0.279 e. The van der Waals surface area contributed by atoms with Crippen LogP contribution in [0.2, 0.25) is 0 Å². The second-order valence-corrected chi connectivity index (χ2v) is 7.07. The van der Waals surface area contributed by atoms with Gasteiger partial charge in [-0.25, -0.2) is 4.72 Å². The summed E-state index contributed by atoms with van der Waals surface area (Å²) in [5.41, 5.74) is 1.19. The van der Waals surface area contributed by atoms with E-state index < -0.39 is 10.2 Å². The number of ether oxygens (including phenoxy) is 1. The van der Waals surface area contributed by atoms with Gasteiger partial charge in [0.25, 0.3) is 10.2 Å². The van der Waals surface area contributed by atoms with Crippen LogP contribution in [0.1, 0.15) is 31.2 Å². The molecule has 0 amide bonds. The molecule has 1 aliphatic rings. The molecule has 1 saturated heterocycles. The average Bonchev–Trinajstić information content (AvgIpc) is 2.53. The van der Waals surface area contributed by atoms with Gasteiger partial charge in [0, 0.05) is 19.6 Å². The number of piperidine rings is 1. The standard InChI is InChI=1S/C15H24N2O3S/c1-20-15-9-7-14(8-10-15)6-5-11-16-21(18,19)17-12-3-2-4-13-17/h7-10,16H,2-6,11-13H2,1H3.